The molecule has 1 rings (SSSR count). The molecule has 6 nitrogen and oxygen atoms in total. The largest absolute Gasteiger partial charge is 0.402 e. The number of allylic oxidation sites excluding steroid dienone is 8. The number of hydrogen-bond donors (Lipinski definition) is 2. The lowest BCUT2D eigenvalue weighted by molar-refractivity contribution is 0.0529. The summed E-state index contributed by atoms with van der Waals surface area (Å²) in [6, 6.07) is -0.112. The molecule has 6 heteroatoms. The van der Waals surface area contributed by atoms with Crippen molar-refractivity contribution in [1.29, 1.82) is 0 Å². The SMILES string of the molecule is C=C/C=C(\C=C/C)C(/N)=C/C(C)=N/C(=C\C(C)N=C(C=C)/C=C(\N)CC)N1CCOCC1.CC.[HH]. The Hall–Kier alpha value is -3.12. The van der Waals surface area contributed by atoms with Crippen molar-refractivity contribution < 1.29 is 6.16 Å². The van der Waals surface area contributed by atoms with Crippen molar-refractivity contribution in [1.82, 2.24) is 4.90 Å². The van der Waals surface area contributed by atoms with Crippen molar-refractivity contribution in [3.8, 4) is 0 Å². The predicted molar refractivity (Wildman–Crippen MR) is 152 cm³/mol. The fourth-order valence-electron chi connectivity index (χ4n) is 3.01. The maximum Gasteiger partial charge on any atom is 0.127 e. The van der Waals surface area contributed by atoms with Crippen LogP contribution in [0.1, 0.15) is 49.4 Å². The van der Waals surface area contributed by atoms with E-state index in [1.54, 1.807) is 12.2 Å². The Morgan fingerprint density at radius 3 is 2.35 bits per heavy atom. The normalized spacial score (nSPS) is 17.9. The third-order valence-electron chi connectivity index (χ3n) is 4.66. The molecule has 1 atom stereocenters. The van der Waals surface area contributed by atoms with Crippen LogP contribution in [-0.4, -0.2) is 48.7 Å². The molecule has 4 N–H and O–H groups in total. The lowest BCUT2D eigenvalue weighted by Gasteiger charge is -2.29. The zero-order valence-corrected chi connectivity index (χ0v) is 22.1. The minimum Gasteiger partial charge on any atom is -0.402 e. The van der Waals surface area contributed by atoms with Gasteiger partial charge in [-0.15, -0.1) is 0 Å². The Labute approximate surface area is 209 Å². The maximum absolute atomic E-state index is 6.30. The summed E-state index contributed by atoms with van der Waals surface area (Å²) in [5, 5.41) is 0. The van der Waals surface area contributed by atoms with Crippen LogP contribution in [0.25, 0.3) is 0 Å². The second-order valence-corrected chi connectivity index (χ2v) is 7.41. The number of rotatable bonds is 11. The highest BCUT2D eigenvalue weighted by Gasteiger charge is 2.14. The lowest BCUT2D eigenvalue weighted by Crippen LogP contribution is -2.35. The van der Waals surface area contributed by atoms with Gasteiger partial charge >= 0.3 is 0 Å². The molecule has 0 saturated carbocycles. The topological polar surface area (TPSA) is 89.2 Å². The molecule has 0 amide bonds. The van der Waals surface area contributed by atoms with Crippen molar-refractivity contribution in [2.24, 2.45) is 21.5 Å². The summed E-state index contributed by atoms with van der Waals surface area (Å²) in [5.41, 5.74) is 16.1. The van der Waals surface area contributed by atoms with Gasteiger partial charge in [0.25, 0.3) is 0 Å². The molecule has 1 aliphatic heterocycles. The van der Waals surface area contributed by atoms with Gasteiger partial charge in [0, 0.05) is 31.6 Å². The highest BCUT2D eigenvalue weighted by Crippen LogP contribution is 2.14. The van der Waals surface area contributed by atoms with Gasteiger partial charge in [-0.1, -0.05) is 58.2 Å². The van der Waals surface area contributed by atoms with Crippen molar-refractivity contribution >= 4 is 11.4 Å². The summed E-state index contributed by atoms with van der Waals surface area (Å²) >= 11 is 0. The molecule has 34 heavy (non-hydrogen) atoms. The van der Waals surface area contributed by atoms with Crippen LogP contribution in [0.3, 0.4) is 0 Å². The van der Waals surface area contributed by atoms with Crippen LogP contribution in [0.2, 0.25) is 0 Å². The van der Waals surface area contributed by atoms with Gasteiger partial charge in [0.2, 0.25) is 0 Å². The van der Waals surface area contributed by atoms with E-state index in [0.29, 0.717) is 18.9 Å². The minimum absolute atomic E-state index is 0. The predicted octanol–water partition coefficient (Wildman–Crippen LogP) is 5.69. The van der Waals surface area contributed by atoms with Crippen LogP contribution in [0.15, 0.2) is 94.5 Å². The molecule has 1 fully saturated rings. The van der Waals surface area contributed by atoms with E-state index in [9.17, 15) is 0 Å². The van der Waals surface area contributed by atoms with Crippen LogP contribution in [0.5, 0.6) is 0 Å². The van der Waals surface area contributed by atoms with E-state index in [1.165, 1.54) is 0 Å². The van der Waals surface area contributed by atoms with E-state index in [-0.39, 0.29) is 7.47 Å². The van der Waals surface area contributed by atoms with Crippen molar-refractivity contribution in [3.63, 3.8) is 0 Å². The van der Waals surface area contributed by atoms with E-state index in [2.05, 4.69) is 18.1 Å². The van der Waals surface area contributed by atoms with Gasteiger partial charge in [0.05, 0.1) is 25.0 Å². The number of morpholine rings is 1. The van der Waals surface area contributed by atoms with Crippen LogP contribution in [0.4, 0.5) is 0 Å². The van der Waals surface area contributed by atoms with Crippen LogP contribution in [-0.2, 0) is 4.74 Å². The van der Waals surface area contributed by atoms with E-state index >= 15 is 0 Å². The summed E-state index contributed by atoms with van der Waals surface area (Å²) in [4.78, 5) is 11.8. The van der Waals surface area contributed by atoms with Gasteiger partial charge in [-0.25, -0.2) is 4.99 Å². The molecular weight excluding hydrogens is 422 g/mol. The number of nitrogens with zero attached hydrogens (tertiary/aromatic N) is 3. The zero-order valence-electron chi connectivity index (χ0n) is 22.1. The first-order valence-electron chi connectivity index (χ1n) is 12.0. The van der Waals surface area contributed by atoms with Gasteiger partial charge < -0.3 is 21.1 Å². The Morgan fingerprint density at radius 1 is 1.18 bits per heavy atom. The monoisotopic (exact) mass is 469 g/mol. The standard InChI is InChI=1S/C26H39N5O.C2H6.H2/c1-7-11-22(12-8-2)25(28)17-20(5)30-26(31-13-15-32-16-14-31)18-21(6)29-24(10-4)19-23(27)9-3;1-2;/h7-8,10-12,17-19,21H,1,4,9,13-16,27-28H2,2-3,5-6H3;1-2H3;1H/b12-8-,22-11+,23-19-,25-17-,26-18+,29-24?,30-20+;;. The summed E-state index contributed by atoms with van der Waals surface area (Å²) in [7, 11) is 0. The molecule has 1 unspecified atom stereocenters. The first-order chi connectivity index (χ1) is 16.3. The lowest BCUT2D eigenvalue weighted by atomic mass is 10.1. The van der Waals surface area contributed by atoms with Crippen molar-refractivity contribution in [2.75, 3.05) is 26.3 Å². The third-order valence-corrected chi connectivity index (χ3v) is 4.66. The van der Waals surface area contributed by atoms with Gasteiger partial charge in [0.1, 0.15) is 5.82 Å². The van der Waals surface area contributed by atoms with E-state index in [1.807, 2.05) is 78.0 Å². The molecule has 0 aromatic carbocycles. The second-order valence-electron chi connectivity index (χ2n) is 7.41. The molecule has 190 valence electrons. The highest BCUT2D eigenvalue weighted by atomic mass is 16.5. The molecule has 0 aromatic heterocycles. The van der Waals surface area contributed by atoms with Gasteiger partial charge in [-0.3, -0.25) is 4.99 Å². The number of nitrogens with two attached hydrogens (primary N) is 2. The van der Waals surface area contributed by atoms with Gasteiger partial charge in [0.15, 0.2) is 0 Å². The summed E-state index contributed by atoms with van der Waals surface area (Å²) in [5.74, 6) is 0.849. The number of hydrogen-bond acceptors (Lipinski definition) is 6. The molecule has 0 radical (unpaired) electrons. The van der Waals surface area contributed by atoms with E-state index < -0.39 is 0 Å². The van der Waals surface area contributed by atoms with Gasteiger partial charge in [-0.2, -0.15) is 0 Å². The molecule has 0 spiro atoms. The van der Waals surface area contributed by atoms with Crippen LogP contribution < -0.4 is 11.5 Å². The highest BCUT2D eigenvalue weighted by molar-refractivity contribution is 6.04. The van der Waals surface area contributed by atoms with Gasteiger partial charge in [-0.05, 0) is 57.1 Å². The smallest absolute Gasteiger partial charge is 0.127 e. The molecule has 1 heterocycles. The number of ether oxygens (including phenoxy) is 1. The first-order valence-corrected chi connectivity index (χ1v) is 12.0. The Bertz CT molecular complexity index is 857. The molecule has 0 aromatic rings. The quantitative estimate of drug-likeness (QED) is 0.300. The molecular formula is C28H47N5O. The second kappa shape index (κ2) is 18.3. The minimum atomic E-state index is -0.112. The van der Waals surface area contributed by atoms with E-state index in [4.69, 9.17) is 26.2 Å². The zero-order chi connectivity index (χ0) is 25.9. The fourth-order valence-corrected chi connectivity index (χ4v) is 3.01. The van der Waals surface area contributed by atoms with E-state index in [0.717, 1.165) is 48.0 Å². The van der Waals surface area contributed by atoms with Crippen LogP contribution in [0, 0.1) is 0 Å². The van der Waals surface area contributed by atoms with Crippen LogP contribution >= 0.6 is 0 Å². The fraction of sp³-hybridized carbons (Fsp3) is 0.429. The summed E-state index contributed by atoms with van der Waals surface area (Å²) in [6.07, 6.45) is 15.7. The molecule has 1 aliphatic rings. The average Bonchev–Trinajstić information content (AvgIpc) is 2.84. The molecule has 1 saturated heterocycles. The Morgan fingerprint density at radius 2 is 1.82 bits per heavy atom. The third kappa shape index (κ3) is 12.2. The average molecular weight is 470 g/mol. The number of aliphatic imine (C=N–C) groups is 2. The summed E-state index contributed by atoms with van der Waals surface area (Å²) in [6.45, 7) is 22.4. The Balaban J connectivity index is 0. The Kier molecular flexibility index (Phi) is 16.6. The van der Waals surface area contributed by atoms with Crippen molar-refractivity contribution in [3.05, 3.63) is 84.6 Å². The molecule has 0 aliphatic carbocycles. The maximum atomic E-state index is 6.30. The summed E-state index contributed by atoms with van der Waals surface area (Å²) < 4.78 is 5.51. The van der Waals surface area contributed by atoms with Crippen molar-refractivity contribution in [2.45, 2.75) is 54.0 Å². The molecule has 0 bridgehead atoms. The first kappa shape index (κ1) is 30.9.